The molecule has 0 radical (unpaired) electrons. The van der Waals surface area contributed by atoms with E-state index >= 15 is 0 Å². The molecule has 6 nitrogen and oxygen atoms in total. The van der Waals surface area contributed by atoms with Gasteiger partial charge < -0.3 is 0 Å². The summed E-state index contributed by atoms with van der Waals surface area (Å²) in [6, 6.07) is 7.77. The van der Waals surface area contributed by atoms with Crippen molar-refractivity contribution in [3.05, 3.63) is 75.4 Å². The number of nitro groups is 1. The van der Waals surface area contributed by atoms with Crippen molar-refractivity contribution in [3.63, 3.8) is 0 Å². The Morgan fingerprint density at radius 1 is 1.08 bits per heavy atom. The molecule has 0 saturated heterocycles. The van der Waals surface area contributed by atoms with E-state index in [1.807, 2.05) is 32.9 Å². The molecule has 0 aliphatic heterocycles. The maximum atomic E-state index is 13.3. The maximum Gasteiger partial charge on any atom is 0.273 e. The molecule has 0 aliphatic rings. The molecule has 0 unspecified atom stereocenters. The lowest BCUT2D eigenvalue weighted by Gasteiger charge is -2.27. The molecule has 0 aliphatic carbocycles. The van der Waals surface area contributed by atoms with Gasteiger partial charge in [0, 0.05) is 11.6 Å². The van der Waals surface area contributed by atoms with Gasteiger partial charge in [-0.1, -0.05) is 29.8 Å². The minimum atomic E-state index is -3.99. The zero-order valence-electron chi connectivity index (χ0n) is 15.3. The Kier molecular flexibility index (Phi) is 5.51. The van der Waals surface area contributed by atoms with Crippen molar-refractivity contribution >= 4 is 21.4 Å². The maximum absolute atomic E-state index is 13.3. The van der Waals surface area contributed by atoms with Gasteiger partial charge in [-0.25, -0.2) is 8.42 Å². The average Bonchev–Trinajstić information content (AvgIpc) is 2.53. The molecular formula is C19H22N2O4S. The predicted molar refractivity (Wildman–Crippen MR) is 103 cm³/mol. The summed E-state index contributed by atoms with van der Waals surface area (Å²) in [6.07, 6.45) is 1.50. The Labute approximate surface area is 154 Å². The van der Waals surface area contributed by atoms with Crippen molar-refractivity contribution in [2.24, 2.45) is 0 Å². The number of rotatable bonds is 6. The van der Waals surface area contributed by atoms with Gasteiger partial charge in [-0.2, -0.15) is 0 Å². The van der Waals surface area contributed by atoms with Gasteiger partial charge in [0.2, 0.25) is 0 Å². The van der Waals surface area contributed by atoms with Gasteiger partial charge in [0.1, 0.15) is 0 Å². The molecule has 0 atom stereocenters. The topological polar surface area (TPSA) is 80.5 Å². The highest BCUT2D eigenvalue weighted by Gasteiger charge is 2.28. The summed E-state index contributed by atoms with van der Waals surface area (Å²) in [5.41, 5.74) is 3.42. The lowest BCUT2D eigenvalue weighted by Crippen LogP contribution is -2.32. The van der Waals surface area contributed by atoms with Crippen LogP contribution in [0.5, 0.6) is 0 Å². The van der Waals surface area contributed by atoms with E-state index in [9.17, 15) is 18.5 Å². The lowest BCUT2D eigenvalue weighted by atomic mass is 10.1. The molecule has 0 spiro atoms. The first kappa shape index (κ1) is 19.7. The average molecular weight is 374 g/mol. The summed E-state index contributed by atoms with van der Waals surface area (Å²) in [7, 11) is -3.99. The van der Waals surface area contributed by atoms with E-state index in [0.29, 0.717) is 11.3 Å². The summed E-state index contributed by atoms with van der Waals surface area (Å²) >= 11 is 0. The number of nitrogens with zero attached hydrogens (tertiary/aromatic N) is 2. The van der Waals surface area contributed by atoms with Crippen molar-refractivity contribution in [2.45, 2.75) is 32.6 Å². The predicted octanol–water partition coefficient (Wildman–Crippen LogP) is 4.21. The molecule has 7 heteroatoms. The van der Waals surface area contributed by atoms with E-state index in [4.69, 9.17) is 0 Å². The van der Waals surface area contributed by atoms with Crippen LogP contribution in [0, 0.1) is 37.8 Å². The Balaban J connectivity index is 2.69. The van der Waals surface area contributed by atoms with Crippen molar-refractivity contribution in [3.8, 4) is 0 Å². The molecule has 0 bridgehead atoms. The van der Waals surface area contributed by atoms with E-state index < -0.39 is 14.9 Å². The SMILES string of the molecule is C=CCN(c1c(C)cc(C)cc1C)S(=O)(=O)c1ccc(C)c([N+](=O)[O-])c1. The number of hydrogen-bond acceptors (Lipinski definition) is 4. The van der Waals surface area contributed by atoms with Crippen molar-refractivity contribution in [2.75, 3.05) is 10.8 Å². The Morgan fingerprint density at radius 3 is 2.15 bits per heavy atom. The number of hydrogen-bond donors (Lipinski definition) is 0. The van der Waals surface area contributed by atoms with Crippen LogP contribution in [0.15, 0.2) is 47.9 Å². The van der Waals surface area contributed by atoms with Crippen LogP contribution in [-0.2, 0) is 10.0 Å². The van der Waals surface area contributed by atoms with Gasteiger partial charge in [0.25, 0.3) is 15.7 Å². The second-order valence-corrected chi connectivity index (χ2v) is 8.14. The first-order chi connectivity index (χ1) is 12.1. The van der Waals surface area contributed by atoms with Gasteiger partial charge >= 0.3 is 0 Å². The molecule has 0 fully saturated rings. The molecule has 0 saturated carbocycles. The smallest absolute Gasteiger partial charge is 0.262 e. The third-order valence-electron chi connectivity index (χ3n) is 4.15. The first-order valence-electron chi connectivity index (χ1n) is 8.06. The van der Waals surface area contributed by atoms with Gasteiger partial charge in [0.05, 0.1) is 22.1 Å². The molecule has 0 aromatic heterocycles. The summed E-state index contributed by atoms with van der Waals surface area (Å²) < 4.78 is 27.8. The molecule has 2 aromatic rings. The third kappa shape index (κ3) is 3.62. The van der Waals surface area contributed by atoms with Crippen LogP contribution in [0.2, 0.25) is 0 Å². The van der Waals surface area contributed by atoms with Crippen LogP contribution in [0.1, 0.15) is 22.3 Å². The van der Waals surface area contributed by atoms with E-state index in [2.05, 4.69) is 6.58 Å². The Bertz CT molecular complexity index is 958. The molecule has 2 rings (SSSR count). The first-order valence-corrected chi connectivity index (χ1v) is 9.50. The fraction of sp³-hybridized carbons (Fsp3) is 0.263. The zero-order valence-corrected chi connectivity index (χ0v) is 16.1. The minimum absolute atomic E-state index is 0.0642. The lowest BCUT2D eigenvalue weighted by molar-refractivity contribution is -0.385. The van der Waals surface area contributed by atoms with Gasteiger partial charge in [-0.3, -0.25) is 14.4 Å². The molecule has 0 heterocycles. The highest BCUT2D eigenvalue weighted by Crippen LogP contribution is 2.32. The van der Waals surface area contributed by atoms with Crippen LogP contribution in [0.3, 0.4) is 0 Å². The number of anilines is 1. The largest absolute Gasteiger partial charge is 0.273 e. The van der Waals surface area contributed by atoms with E-state index in [1.54, 1.807) is 6.92 Å². The van der Waals surface area contributed by atoms with Crippen LogP contribution in [0.4, 0.5) is 11.4 Å². The van der Waals surface area contributed by atoms with Crippen molar-refractivity contribution in [1.82, 2.24) is 0 Å². The van der Waals surface area contributed by atoms with Crippen LogP contribution >= 0.6 is 0 Å². The Morgan fingerprint density at radius 2 is 1.65 bits per heavy atom. The molecule has 138 valence electrons. The molecule has 0 amide bonds. The normalized spacial score (nSPS) is 11.2. The molecule has 2 aromatic carbocycles. The standard InChI is InChI=1S/C19H22N2O4S/c1-6-9-20(19-15(4)10-13(2)11-16(19)5)26(24,25)17-8-7-14(3)18(12-17)21(22)23/h6-8,10-12H,1,9H2,2-5H3. The minimum Gasteiger partial charge on any atom is -0.262 e. The fourth-order valence-electron chi connectivity index (χ4n) is 3.07. The van der Waals surface area contributed by atoms with Gasteiger partial charge in [-0.05, 0) is 44.9 Å². The summed E-state index contributed by atoms with van der Waals surface area (Å²) in [5.74, 6) is 0. The number of aryl methyl sites for hydroxylation is 4. The Hall–Kier alpha value is -2.67. The molecule has 0 N–H and O–H groups in total. The second-order valence-electron chi connectivity index (χ2n) is 6.28. The van der Waals surface area contributed by atoms with Crippen LogP contribution in [-0.4, -0.2) is 19.9 Å². The highest BCUT2D eigenvalue weighted by molar-refractivity contribution is 7.92. The zero-order chi connectivity index (χ0) is 19.6. The van der Waals surface area contributed by atoms with Crippen LogP contribution in [0.25, 0.3) is 0 Å². The van der Waals surface area contributed by atoms with Gasteiger partial charge in [0.15, 0.2) is 0 Å². The third-order valence-corrected chi connectivity index (χ3v) is 5.91. The van der Waals surface area contributed by atoms with Crippen LogP contribution < -0.4 is 4.31 Å². The van der Waals surface area contributed by atoms with E-state index in [0.717, 1.165) is 22.8 Å². The van der Waals surface area contributed by atoms with Crippen molar-refractivity contribution < 1.29 is 13.3 Å². The monoisotopic (exact) mass is 374 g/mol. The summed E-state index contributed by atoms with van der Waals surface area (Å²) in [6.45, 7) is 10.9. The van der Waals surface area contributed by atoms with Gasteiger partial charge in [-0.15, -0.1) is 6.58 Å². The van der Waals surface area contributed by atoms with E-state index in [-0.39, 0.29) is 17.1 Å². The molecule has 26 heavy (non-hydrogen) atoms. The summed E-state index contributed by atoms with van der Waals surface area (Å²) in [4.78, 5) is 10.5. The highest BCUT2D eigenvalue weighted by atomic mass is 32.2. The quantitative estimate of drug-likeness (QED) is 0.431. The second kappa shape index (κ2) is 7.29. The summed E-state index contributed by atoms with van der Waals surface area (Å²) in [5, 5.41) is 11.2. The van der Waals surface area contributed by atoms with E-state index in [1.165, 1.54) is 22.5 Å². The molecular weight excluding hydrogens is 352 g/mol. The number of nitro benzene ring substituents is 1. The number of sulfonamides is 1. The fourth-order valence-corrected chi connectivity index (χ4v) is 4.65. The number of benzene rings is 2. The van der Waals surface area contributed by atoms with Crippen molar-refractivity contribution in [1.29, 1.82) is 0 Å².